The highest BCUT2D eigenvalue weighted by Gasteiger charge is 2.16. The lowest BCUT2D eigenvalue weighted by molar-refractivity contribution is 0.0974. The van der Waals surface area contributed by atoms with Crippen LogP contribution >= 0.6 is 0 Å². The number of carbonyl (C=O) groups excluding carboxylic acids is 1. The highest BCUT2D eigenvalue weighted by Crippen LogP contribution is 2.12. The Kier molecular flexibility index (Phi) is 3.69. The van der Waals surface area contributed by atoms with Crippen LogP contribution in [0.3, 0.4) is 0 Å². The Labute approximate surface area is 99.8 Å². The lowest BCUT2D eigenvalue weighted by Gasteiger charge is -2.01. The van der Waals surface area contributed by atoms with E-state index in [2.05, 4.69) is 22.3 Å². The van der Waals surface area contributed by atoms with Crippen molar-refractivity contribution < 1.29 is 4.79 Å². The minimum atomic E-state index is 0.0518. The molecule has 0 fully saturated rings. The normalized spacial score (nSPS) is 10.6. The maximum absolute atomic E-state index is 12.0. The van der Waals surface area contributed by atoms with E-state index in [1.165, 1.54) is 0 Å². The maximum atomic E-state index is 12.0. The first kappa shape index (κ1) is 11.6. The molecule has 0 unspecified atom stereocenters. The van der Waals surface area contributed by atoms with Gasteiger partial charge in [-0.25, -0.2) is 5.10 Å². The summed E-state index contributed by atoms with van der Waals surface area (Å²) in [7, 11) is 0. The molecule has 2 aromatic heterocycles. The number of Topliss-reactive ketones (excluding diaryl/α,β-unsaturated/α-hetero) is 1. The highest BCUT2D eigenvalue weighted by molar-refractivity contribution is 5.96. The minimum absolute atomic E-state index is 0.0518. The summed E-state index contributed by atoms with van der Waals surface area (Å²) in [4.78, 5) is 12.0. The molecule has 0 radical (unpaired) electrons. The van der Waals surface area contributed by atoms with E-state index in [-0.39, 0.29) is 5.78 Å². The fraction of sp³-hybridized carbons (Fsp3) is 0.417. The quantitative estimate of drug-likeness (QED) is 0.614. The first-order valence-electron chi connectivity index (χ1n) is 5.90. The number of hydrogen-bond acceptors (Lipinski definition) is 3. The molecule has 0 saturated carbocycles. The number of ketones is 1. The molecular weight excluding hydrogens is 216 g/mol. The Hall–Kier alpha value is -1.91. The molecule has 0 aliphatic carbocycles. The van der Waals surface area contributed by atoms with Crippen LogP contribution in [0.25, 0.3) is 5.82 Å². The minimum Gasteiger partial charge on any atom is -0.307 e. The zero-order valence-corrected chi connectivity index (χ0v) is 9.89. The van der Waals surface area contributed by atoms with Crippen molar-refractivity contribution in [1.29, 1.82) is 0 Å². The predicted molar refractivity (Wildman–Crippen MR) is 64.2 cm³/mol. The van der Waals surface area contributed by atoms with Crippen molar-refractivity contribution in [2.45, 2.75) is 32.6 Å². The Bertz CT molecular complexity index is 472. The molecule has 0 bridgehead atoms. The largest absolute Gasteiger partial charge is 0.307 e. The van der Waals surface area contributed by atoms with Crippen molar-refractivity contribution in [2.75, 3.05) is 0 Å². The Morgan fingerprint density at radius 1 is 1.35 bits per heavy atom. The number of H-pyrrole nitrogens is 1. The van der Waals surface area contributed by atoms with Crippen LogP contribution in [0.15, 0.2) is 24.5 Å². The fourth-order valence-corrected chi connectivity index (χ4v) is 1.73. The molecule has 0 atom stereocenters. The van der Waals surface area contributed by atoms with E-state index >= 15 is 0 Å². The van der Waals surface area contributed by atoms with Crippen LogP contribution in [0.1, 0.15) is 43.1 Å². The van der Waals surface area contributed by atoms with Crippen LogP contribution in [0.4, 0.5) is 0 Å². The van der Waals surface area contributed by atoms with Crippen molar-refractivity contribution in [3.63, 3.8) is 0 Å². The average Bonchev–Trinajstić information content (AvgIpc) is 2.99. The summed E-state index contributed by atoms with van der Waals surface area (Å²) in [5.74, 6) is 0.701. The molecule has 0 spiro atoms. The second-order valence-corrected chi connectivity index (χ2v) is 3.98. The molecule has 2 aromatic rings. The van der Waals surface area contributed by atoms with Gasteiger partial charge in [-0.3, -0.25) is 4.79 Å². The molecule has 0 aliphatic heterocycles. The van der Waals surface area contributed by atoms with Crippen molar-refractivity contribution in [1.82, 2.24) is 20.0 Å². The number of unbranched alkanes of at least 4 members (excludes halogenated alkanes) is 2. The molecule has 17 heavy (non-hydrogen) atoms. The summed E-state index contributed by atoms with van der Waals surface area (Å²) in [6.07, 6.45) is 7.34. The summed E-state index contributed by atoms with van der Waals surface area (Å²) in [6, 6.07) is 3.79. The van der Waals surface area contributed by atoms with Gasteiger partial charge in [0.05, 0.1) is 0 Å². The molecular formula is C12H16N4O. The SMILES string of the molecule is CCCCCC(=O)c1nn[nH]c1-n1cccc1. The zero-order valence-electron chi connectivity index (χ0n) is 9.89. The van der Waals surface area contributed by atoms with Crippen LogP contribution in [-0.2, 0) is 0 Å². The summed E-state index contributed by atoms with van der Waals surface area (Å²) < 4.78 is 1.81. The average molecular weight is 232 g/mol. The molecule has 0 aromatic carbocycles. The lowest BCUT2D eigenvalue weighted by atomic mass is 10.1. The van der Waals surface area contributed by atoms with Crippen molar-refractivity contribution >= 4 is 5.78 Å². The molecule has 5 heteroatoms. The number of nitrogens with zero attached hydrogens (tertiary/aromatic N) is 3. The molecule has 2 rings (SSSR count). The van der Waals surface area contributed by atoms with E-state index < -0.39 is 0 Å². The van der Waals surface area contributed by atoms with Gasteiger partial charge in [-0.05, 0) is 18.6 Å². The zero-order chi connectivity index (χ0) is 12.1. The van der Waals surface area contributed by atoms with E-state index in [0.717, 1.165) is 19.3 Å². The maximum Gasteiger partial charge on any atom is 0.186 e. The molecule has 90 valence electrons. The number of nitrogens with one attached hydrogen (secondary N) is 1. The Morgan fingerprint density at radius 2 is 2.12 bits per heavy atom. The van der Waals surface area contributed by atoms with Gasteiger partial charge in [-0.2, -0.15) is 0 Å². The number of rotatable bonds is 6. The van der Waals surface area contributed by atoms with Crippen molar-refractivity contribution in [3.05, 3.63) is 30.2 Å². The van der Waals surface area contributed by atoms with Crippen LogP contribution in [0.5, 0.6) is 0 Å². The van der Waals surface area contributed by atoms with Gasteiger partial charge in [-0.15, -0.1) is 5.10 Å². The lowest BCUT2D eigenvalue weighted by Crippen LogP contribution is -2.05. The molecule has 2 heterocycles. The summed E-state index contributed by atoms with van der Waals surface area (Å²) >= 11 is 0. The van der Waals surface area contributed by atoms with E-state index in [0.29, 0.717) is 17.9 Å². The van der Waals surface area contributed by atoms with Crippen molar-refractivity contribution in [2.24, 2.45) is 0 Å². The highest BCUT2D eigenvalue weighted by atomic mass is 16.1. The van der Waals surface area contributed by atoms with Crippen LogP contribution in [0.2, 0.25) is 0 Å². The third-order valence-electron chi connectivity index (χ3n) is 2.66. The van der Waals surface area contributed by atoms with Gasteiger partial charge in [-0.1, -0.05) is 25.0 Å². The standard InChI is InChI=1S/C12H16N4O/c1-2-3-4-7-10(17)11-12(14-15-13-11)16-8-5-6-9-16/h5-6,8-9H,2-4,7H2,1H3,(H,13,14,15). The molecule has 0 aliphatic rings. The van der Waals surface area contributed by atoms with Crippen LogP contribution in [-0.4, -0.2) is 25.8 Å². The van der Waals surface area contributed by atoms with Gasteiger partial charge < -0.3 is 4.57 Å². The molecule has 0 saturated heterocycles. The predicted octanol–water partition coefficient (Wildman–Crippen LogP) is 2.36. The van der Waals surface area contributed by atoms with Gasteiger partial charge in [0.15, 0.2) is 17.3 Å². The van der Waals surface area contributed by atoms with Gasteiger partial charge in [0.25, 0.3) is 0 Å². The second-order valence-electron chi connectivity index (χ2n) is 3.98. The van der Waals surface area contributed by atoms with Crippen LogP contribution in [0, 0.1) is 0 Å². The molecule has 0 amide bonds. The van der Waals surface area contributed by atoms with Gasteiger partial charge in [0, 0.05) is 18.8 Å². The van der Waals surface area contributed by atoms with E-state index in [4.69, 9.17) is 0 Å². The third-order valence-corrected chi connectivity index (χ3v) is 2.66. The number of aromatic nitrogens is 4. The van der Waals surface area contributed by atoms with E-state index in [9.17, 15) is 4.79 Å². The second kappa shape index (κ2) is 5.43. The first-order chi connectivity index (χ1) is 8.33. The summed E-state index contributed by atoms with van der Waals surface area (Å²) in [5, 5.41) is 10.3. The number of aromatic amines is 1. The van der Waals surface area contributed by atoms with Crippen molar-refractivity contribution in [3.8, 4) is 5.82 Å². The monoisotopic (exact) mass is 232 g/mol. The Balaban J connectivity index is 2.11. The number of hydrogen-bond donors (Lipinski definition) is 1. The van der Waals surface area contributed by atoms with Gasteiger partial charge in [0.1, 0.15) is 0 Å². The smallest absolute Gasteiger partial charge is 0.186 e. The van der Waals surface area contributed by atoms with Gasteiger partial charge >= 0.3 is 0 Å². The molecule has 5 nitrogen and oxygen atoms in total. The molecule has 1 N–H and O–H groups in total. The number of carbonyl (C=O) groups is 1. The summed E-state index contributed by atoms with van der Waals surface area (Å²) in [6.45, 7) is 2.12. The first-order valence-corrected chi connectivity index (χ1v) is 5.90. The summed E-state index contributed by atoms with van der Waals surface area (Å²) in [5.41, 5.74) is 0.428. The topological polar surface area (TPSA) is 63.6 Å². The van der Waals surface area contributed by atoms with E-state index in [1.54, 1.807) is 0 Å². The van der Waals surface area contributed by atoms with Crippen LogP contribution < -0.4 is 0 Å². The van der Waals surface area contributed by atoms with Gasteiger partial charge in [0.2, 0.25) is 0 Å². The third kappa shape index (κ3) is 2.61. The van der Waals surface area contributed by atoms with E-state index in [1.807, 2.05) is 29.1 Å². The Morgan fingerprint density at radius 3 is 2.82 bits per heavy atom. The fourth-order valence-electron chi connectivity index (χ4n) is 1.73.